The number of anilines is 1. The van der Waals surface area contributed by atoms with Crippen LogP contribution in [-0.4, -0.2) is 30.4 Å². The highest BCUT2D eigenvalue weighted by molar-refractivity contribution is 7.13. The molecule has 112 valence electrons. The number of methoxy groups -OCH3 is 2. The van der Waals surface area contributed by atoms with Gasteiger partial charge in [0.05, 0.1) is 20.3 Å². The monoisotopic (exact) mass is 308 g/mol. The van der Waals surface area contributed by atoms with Gasteiger partial charge in [-0.15, -0.1) is 10.2 Å². The van der Waals surface area contributed by atoms with Gasteiger partial charge in [0.15, 0.2) is 11.5 Å². The number of aromatic nitrogens is 2. The first-order chi connectivity index (χ1) is 10.1. The molecule has 1 aromatic carbocycles. The van der Waals surface area contributed by atoms with Crippen LogP contribution in [0.4, 0.5) is 9.93 Å². The maximum absolute atomic E-state index is 11.8. The molecule has 0 radical (unpaired) electrons. The summed E-state index contributed by atoms with van der Waals surface area (Å²) < 4.78 is 10.4. The average molecular weight is 308 g/mol. The lowest BCUT2D eigenvalue weighted by atomic mass is 10.1. The molecule has 1 heterocycles. The summed E-state index contributed by atoms with van der Waals surface area (Å²) in [5.41, 5.74) is 2.45. The zero-order chi connectivity index (χ0) is 15.2. The van der Waals surface area contributed by atoms with E-state index in [0.717, 1.165) is 5.56 Å². The standard InChI is InChI=1S/C13H16N4O3S/c1-8(15-12(18)16-13-17-14-7-21-13)9-4-5-10(19-2)11(6-9)20-3/h4-8H,1-3H3,(H2,15,16,17,18)/t8-/m0/s1. The maximum Gasteiger partial charge on any atom is 0.321 e. The second-order valence-corrected chi connectivity index (χ2v) is 5.01. The fourth-order valence-corrected chi connectivity index (χ4v) is 2.20. The number of benzene rings is 1. The third-order valence-electron chi connectivity index (χ3n) is 2.84. The molecule has 0 aliphatic rings. The normalized spacial score (nSPS) is 11.6. The summed E-state index contributed by atoms with van der Waals surface area (Å²) in [6.45, 7) is 1.88. The Bertz CT molecular complexity index is 603. The highest BCUT2D eigenvalue weighted by atomic mass is 32.1. The van der Waals surface area contributed by atoms with Gasteiger partial charge in [0.2, 0.25) is 5.13 Å². The molecular formula is C13H16N4O3S. The largest absolute Gasteiger partial charge is 0.493 e. The Morgan fingerprint density at radius 2 is 2.05 bits per heavy atom. The summed E-state index contributed by atoms with van der Waals surface area (Å²) in [5.74, 6) is 1.26. The van der Waals surface area contributed by atoms with Crippen molar-refractivity contribution >= 4 is 22.5 Å². The van der Waals surface area contributed by atoms with Crippen LogP contribution in [0.1, 0.15) is 18.5 Å². The predicted octanol–water partition coefficient (Wildman–Crippen LogP) is 2.44. The summed E-state index contributed by atoms with van der Waals surface area (Å²) in [7, 11) is 3.15. The molecule has 0 bridgehead atoms. The lowest BCUT2D eigenvalue weighted by molar-refractivity contribution is 0.249. The van der Waals surface area contributed by atoms with Gasteiger partial charge >= 0.3 is 6.03 Å². The third-order valence-corrected chi connectivity index (χ3v) is 3.44. The predicted molar refractivity (Wildman–Crippen MR) is 80.0 cm³/mol. The van der Waals surface area contributed by atoms with Gasteiger partial charge in [0.1, 0.15) is 5.51 Å². The fraction of sp³-hybridized carbons (Fsp3) is 0.308. The third kappa shape index (κ3) is 3.82. The Morgan fingerprint density at radius 3 is 2.67 bits per heavy atom. The summed E-state index contributed by atoms with van der Waals surface area (Å²) in [5, 5.41) is 13.3. The molecule has 1 atom stereocenters. The molecule has 0 aliphatic heterocycles. The molecule has 2 amide bonds. The smallest absolute Gasteiger partial charge is 0.321 e. The van der Waals surface area contributed by atoms with Crippen molar-refractivity contribution in [2.24, 2.45) is 0 Å². The zero-order valence-electron chi connectivity index (χ0n) is 11.9. The van der Waals surface area contributed by atoms with Crippen LogP contribution in [0.3, 0.4) is 0 Å². The molecule has 0 spiro atoms. The van der Waals surface area contributed by atoms with E-state index in [1.165, 1.54) is 11.3 Å². The molecule has 0 aliphatic carbocycles. The van der Waals surface area contributed by atoms with Crippen molar-refractivity contribution in [1.82, 2.24) is 15.5 Å². The maximum atomic E-state index is 11.8. The van der Waals surface area contributed by atoms with E-state index in [9.17, 15) is 4.79 Å². The minimum atomic E-state index is -0.339. The Labute approximate surface area is 126 Å². The summed E-state index contributed by atoms with van der Waals surface area (Å²) in [6, 6.07) is 4.97. The van der Waals surface area contributed by atoms with E-state index in [1.807, 2.05) is 19.1 Å². The molecule has 1 aromatic heterocycles. The quantitative estimate of drug-likeness (QED) is 0.886. The number of carbonyl (C=O) groups is 1. The molecule has 2 aromatic rings. The van der Waals surface area contributed by atoms with Crippen molar-refractivity contribution < 1.29 is 14.3 Å². The number of amides is 2. The first kappa shape index (κ1) is 15.0. The Kier molecular flexibility index (Phi) is 4.94. The van der Waals surface area contributed by atoms with Gasteiger partial charge in [0, 0.05) is 0 Å². The van der Waals surface area contributed by atoms with E-state index in [1.54, 1.807) is 25.8 Å². The first-order valence-electron chi connectivity index (χ1n) is 6.19. The molecule has 7 nitrogen and oxygen atoms in total. The number of hydrogen-bond acceptors (Lipinski definition) is 6. The van der Waals surface area contributed by atoms with Gasteiger partial charge in [-0.25, -0.2) is 4.79 Å². The van der Waals surface area contributed by atoms with Gasteiger partial charge in [0.25, 0.3) is 0 Å². The first-order valence-corrected chi connectivity index (χ1v) is 7.07. The number of nitrogens with one attached hydrogen (secondary N) is 2. The van der Waals surface area contributed by atoms with E-state index in [2.05, 4.69) is 20.8 Å². The van der Waals surface area contributed by atoms with Crippen LogP contribution in [0.15, 0.2) is 23.7 Å². The van der Waals surface area contributed by atoms with Gasteiger partial charge < -0.3 is 14.8 Å². The van der Waals surface area contributed by atoms with Crippen molar-refractivity contribution in [1.29, 1.82) is 0 Å². The number of ether oxygens (including phenoxy) is 2. The Balaban J connectivity index is 2.02. The van der Waals surface area contributed by atoms with Crippen LogP contribution in [0.25, 0.3) is 0 Å². The van der Waals surface area contributed by atoms with Crippen molar-refractivity contribution in [2.75, 3.05) is 19.5 Å². The van der Waals surface area contributed by atoms with Crippen molar-refractivity contribution in [3.05, 3.63) is 29.3 Å². The molecule has 0 fully saturated rings. The number of rotatable bonds is 5. The van der Waals surface area contributed by atoms with Crippen LogP contribution in [0.5, 0.6) is 11.5 Å². The van der Waals surface area contributed by atoms with Crippen molar-refractivity contribution in [3.8, 4) is 11.5 Å². The Hall–Kier alpha value is -2.35. The molecule has 0 saturated heterocycles. The molecule has 8 heteroatoms. The van der Waals surface area contributed by atoms with Crippen LogP contribution < -0.4 is 20.1 Å². The molecule has 0 unspecified atom stereocenters. The number of nitrogens with zero attached hydrogens (tertiary/aromatic N) is 2. The molecule has 21 heavy (non-hydrogen) atoms. The second kappa shape index (κ2) is 6.89. The van der Waals surface area contributed by atoms with Crippen LogP contribution >= 0.6 is 11.3 Å². The van der Waals surface area contributed by atoms with Crippen LogP contribution in [0.2, 0.25) is 0 Å². The van der Waals surface area contributed by atoms with Crippen molar-refractivity contribution in [3.63, 3.8) is 0 Å². The molecular weight excluding hydrogens is 292 g/mol. The average Bonchev–Trinajstić information content (AvgIpc) is 2.99. The number of hydrogen-bond donors (Lipinski definition) is 2. The SMILES string of the molecule is COc1ccc([C@H](C)NC(=O)Nc2nncs2)cc1OC. The summed E-state index contributed by atoms with van der Waals surface area (Å²) in [4.78, 5) is 11.8. The summed E-state index contributed by atoms with van der Waals surface area (Å²) >= 11 is 1.25. The lowest BCUT2D eigenvalue weighted by Gasteiger charge is -2.16. The van der Waals surface area contributed by atoms with E-state index in [4.69, 9.17) is 9.47 Å². The molecule has 0 saturated carbocycles. The lowest BCUT2D eigenvalue weighted by Crippen LogP contribution is -2.31. The van der Waals surface area contributed by atoms with Gasteiger partial charge in [-0.2, -0.15) is 0 Å². The second-order valence-electron chi connectivity index (χ2n) is 4.18. The van der Waals surface area contributed by atoms with Gasteiger partial charge in [-0.3, -0.25) is 5.32 Å². The Morgan fingerprint density at radius 1 is 1.29 bits per heavy atom. The molecule has 2 N–H and O–H groups in total. The van der Waals surface area contributed by atoms with E-state index in [-0.39, 0.29) is 12.1 Å². The highest BCUT2D eigenvalue weighted by Gasteiger charge is 2.13. The topological polar surface area (TPSA) is 85.4 Å². The fourth-order valence-electron chi connectivity index (χ4n) is 1.76. The minimum Gasteiger partial charge on any atom is -0.493 e. The molecule has 2 rings (SSSR count). The van der Waals surface area contributed by atoms with Gasteiger partial charge in [-0.05, 0) is 24.6 Å². The highest BCUT2D eigenvalue weighted by Crippen LogP contribution is 2.29. The van der Waals surface area contributed by atoms with Crippen molar-refractivity contribution in [2.45, 2.75) is 13.0 Å². The van der Waals surface area contributed by atoms with E-state index in [0.29, 0.717) is 16.6 Å². The van der Waals surface area contributed by atoms with Gasteiger partial charge in [-0.1, -0.05) is 17.4 Å². The van der Waals surface area contributed by atoms with Crippen LogP contribution in [0, 0.1) is 0 Å². The zero-order valence-corrected chi connectivity index (χ0v) is 12.7. The minimum absolute atomic E-state index is 0.197. The number of carbonyl (C=O) groups excluding carboxylic acids is 1. The van der Waals surface area contributed by atoms with E-state index < -0.39 is 0 Å². The van der Waals surface area contributed by atoms with Crippen LogP contribution in [-0.2, 0) is 0 Å². The van der Waals surface area contributed by atoms with E-state index >= 15 is 0 Å². The summed E-state index contributed by atoms with van der Waals surface area (Å²) in [6.07, 6.45) is 0. The number of urea groups is 1.